The van der Waals surface area contributed by atoms with Crippen LogP contribution in [0.1, 0.15) is 18.4 Å². The first kappa shape index (κ1) is 22.7. The van der Waals surface area contributed by atoms with Gasteiger partial charge >= 0.3 is 0 Å². The van der Waals surface area contributed by atoms with Gasteiger partial charge in [-0.3, -0.25) is 4.79 Å². The zero-order valence-corrected chi connectivity index (χ0v) is 18.1. The number of aromatic hydroxyl groups is 1. The fourth-order valence-electron chi connectivity index (χ4n) is 3.44. The minimum absolute atomic E-state index is 0.0802. The summed E-state index contributed by atoms with van der Waals surface area (Å²) >= 11 is 12.0. The average molecular weight is 453 g/mol. The molecule has 6 nitrogen and oxygen atoms in total. The monoisotopic (exact) mass is 452 g/mol. The summed E-state index contributed by atoms with van der Waals surface area (Å²) < 4.78 is 5.98. The molecule has 0 radical (unpaired) electrons. The van der Waals surface area contributed by atoms with Crippen LogP contribution in [0.25, 0.3) is 0 Å². The number of β-amino-alcohol motifs (C(OH)–C–C–N with tert-alkyl or cyclic N) is 1. The van der Waals surface area contributed by atoms with Gasteiger partial charge in [0.1, 0.15) is 17.6 Å². The van der Waals surface area contributed by atoms with E-state index in [4.69, 9.17) is 27.9 Å². The van der Waals surface area contributed by atoms with Crippen molar-refractivity contribution in [1.29, 1.82) is 0 Å². The van der Waals surface area contributed by atoms with Gasteiger partial charge in [-0.05, 0) is 31.0 Å². The number of piperidine rings is 1. The number of halogens is 2. The Morgan fingerprint density at radius 3 is 2.60 bits per heavy atom. The summed E-state index contributed by atoms with van der Waals surface area (Å²) in [5.41, 5.74) is 0.563. The van der Waals surface area contributed by atoms with Crippen LogP contribution in [0.3, 0.4) is 0 Å². The van der Waals surface area contributed by atoms with E-state index in [9.17, 15) is 15.0 Å². The molecule has 0 aliphatic carbocycles. The van der Waals surface area contributed by atoms with Crippen LogP contribution in [-0.4, -0.2) is 59.4 Å². The molecule has 1 aliphatic rings. The predicted molar refractivity (Wildman–Crippen MR) is 117 cm³/mol. The van der Waals surface area contributed by atoms with Gasteiger partial charge in [0.25, 0.3) is 0 Å². The lowest BCUT2D eigenvalue weighted by molar-refractivity contribution is -0.121. The number of likely N-dealkylation sites (tertiary alicyclic amines) is 1. The molecule has 1 amide bonds. The van der Waals surface area contributed by atoms with Crippen LogP contribution in [0.15, 0.2) is 42.5 Å². The van der Waals surface area contributed by atoms with Crippen molar-refractivity contribution in [3.63, 3.8) is 0 Å². The number of para-hydroxylation sites is 1. The van der Waals surface area contributed by atoms with Gasteiger partial charge in [-0.15, -0.1) is 0 Å². The van der Waals surface area contributed by atoms with E-state index < -0.39 is 6.10 Å². The highest BCUT2D eigenvalue weighted by atomic mass is 35.5. The molecule has 30 heavy (non-hydrogen) atoms. The van der Waals surface area contributed by atoms with Gasteiger partial charge in [0.05, 0.1) is 22.6 Å². The number of ether oxygens (including phenoxy) is 1. The lowest BCUT2D eigenvalue weighted by Crippen LogP contribution is -2.45. The van der Waals surface area contributed by atoms with E-state index in [-0.39, 0.29) is 30.7 Å². The van der Waals surface area contributed by atoms with Crippen LogP contribution < -0.4 is 10.1 Å². The normalized spacial score (nSPS) is 16.2. The maximum atomic E-state index is 12.0. The second kappa shape index (κ2) is 10.9. The first-order valence-corrected chi connectivity index (χ1v) is 10.7. The van der Waals surface area contributed by atoms with Crippen LogP contribution in [0.2, 0.25) is 10.0 Å². The minimum atomic E-state index is -0.661. The van der Waals surface area contributed by atoms with Gasteiger partial charge in [0.15, 0.2) is 0 Å². The largest absolute Gasteiger partial charge is 0.508 e. The fraction of sp³-hybridized carbons (Fsp3) is 0.409. The van der Waals surface area contributed by atoms with Crippen LogP contribution in [0.4, 0.5) is 0 Å². The van der Waals surface area contributed by atoms with Crippen LogP contribution in [0, 0.1) is 0 Å². The van der Waals surface area contributed by atoms with Crippen molar-refractivity contribution >= 4 is 29.1 Å². The summed E-state index contributed by atoms with van der Waals surface area (Å²) in [4.78, 5) is 14.2. The summed E-state index contributed by atoms with van der Waals surface area (Å²) in [6.45, 7) is 2.26. The molecule has 3 rings (SSSR count). The molecule has 1 fully saturated rings. The van der Waals surface area contributed by atoms with Gasteiger partial charge in [-0.2, -0.15) is 0 Å². The topological polar surface area (TPSA) is 82.0 Å². The van der Waals surface area contributed by atoms with E-state index in [0.29, 0.717) is 27.9 Å². The standard InChI is InChI=1S/C22H26Cl2N2O4/c23-19-6-5-18(12-20(19)24)30-17-7-9-26(10-8-17)14-16(27)13-25-22(29)11-15-3-1-2-4-21(15)28/h1-6,12,16-17,27-28H,7-11,13-14H2,(H,25,29)/t16-/m1/s1. The van der Waals surface area contributed by atoms with Crippen molar-refractivity contribution in [1.82, 2.24) is 10.2 Å². The maximum absolute atomic E-state index is 12.0. The average Bonchev–Trinajstić information content (AvgIpc) is 2.72. The third-order valence-electron chi connectivity index (χ3n) is 5.07. The number of aliphatic hydroxyl groups is 1. The molecule has 162 valence electrons. The molecule has 2 aromatic carbocycles. The highest BCUT2D eigenvalue weighted by Gasteiger charge is 2.22. The molecule has 0 aromatic heterocycles. The predicted octanol–water partition coefficient (Wildman–Crippen LogP) is 3.26. The van der Waals surface area contributed by atoms with Crippen LogP contribution in [0.5, 0.6) is 11.5 Å². The molecule has 8 heteroatoms. The Morgan fingerprint density at radius 2 is 1.90 bits per heavy atom. The molecule has 1 heterocycles. The molecule has 3 N–H and O–H groups in total. The number of phenols is 1. The number of hydrogen-bond donors (Lipinski definition) is 3. The number of benzene rings is 2. The van der Waals surface area contributed by atoms with E-state index in [1.807, 2.05) is 6.07 Å². The Balaban J connectivity index is 1.35. The molecule has 2 aromatic rings. The van der Waals surface area contributed by atoms with Crippen molar-refractivity contribution in [3.05, 3.63) is 58.1 Å². The van der Waals surface area contributed by atoms with E-state index in [1.54, 1.807) is 36.4 Å². The SMILES string of the molecule is O=C(Cc1ccccc1O)NC[C@@H](O)CN1CCC(Oc2ccc(Cl)c(Cl)c2)CC1. The van der Waals surface area contributed by atoms with Crippen LogP contribution >= 0.6 is 23.2 Å². The molecule has 0 spiro atoms. The summed E-state index contributed by atoms with van der Waals surface area (Å²) in [7, 11) is 0. The number of nitrogens with zero attached hydrogens (tertiary/aromatic N) is 1. The summed E-state index contributed by atoms with van der Waals surface area (Å²) in [6.07, 6.45) is 1.19. The number of hydrogen-bond acceptors (Lipinski definition) is 5. The van der Waals surface area contributed by atoms with Crippen molar-refractivity contribution in [2.75, 3.05) is 26.2 Å². The van der Waals surface area contributed by atoms with Gasteiger partial charge < -0.3 is 25.2 Å². The maximum Gasteiger partial charge on any atom is 0.224 e. The highest BCUT2D eigenvalue weighted by molar-refractivity contribution is 6.42. The Hall–Kier alpha value is -1.99. The lowest BCUT2D eigenvalue weighted by atomic mass is 10.1. The van der Waals surface area contributed by atoms with E-state index in [0.717, 1.165) is 25.9 Å². The van der Waals surface area contributed by atoms with Crippen molar-refractivity contribution < 1.29 is 19.7 Å². The van der Waals surface area contributed by atoms with E-state index in [1.165, 1.54) is 0 Å². The molecule has 0 bridgehead atoms. The molecular weight excluding hydrogens is 427 g/mol. The smallest absolute Gasteiger partial charge is 0.224 e. The minimum Gasteiger partial charge on any atom is -0.508 e. The Bertz CT molecular complexity index is 857. The molecule has 1 saturated heterocycles. The van der Waals surface area contributed by atoms with Gasteiger partial charge in [-0.1, -0.05) is 41.4 Å². The Kier molecular flexibility index (Phi) is 8.22. The zero-order chi connectivity index (χ0) is 21.5. The highest BCUT2D eigenvalue weighted by Crippen LogP contribution is 2.28. The number of nitrogens with one attached hydrogen (secondary N) is 1. The fourth-order valence-corrected chi connectivity index (χ4v) is 3.73. The number of phenolic OH excluding ortho intramolecular Hbond substituents is 1. The molecule has 1 aliphatic heterocycles. The van der Waals surface area contributed by atoms with Gasteiger partial charge in [0, 0.05) is 37.8 Å². The number of carbonyl (C=O) groups is 1. The summed E-state index contributed by atoms with van der Waals surface area (Å²) in [6, 6.07) is 12.0. The second-order valence-corrected chi connectivity index (χ2v) is 8.27. The first-order valence-electron chi connectivity index (χ1n) is 9.96. The van der Waals surface area contributed by atoms with Crippen molar-refractivity contribution in [3.8, 4) is 11.5 Å². The Labute approximate surface area is 186 Å². The van der Waals surface area contributed by atoms with E-state index in [2.05, 4.69) is 10.2 Å². The van der Waals surface area contributed by atoms with Crippen LogP contribution in [-0.2, 0) is 11.2 Å². The van der Waals surface area contributed by atoms with Crippen molar-refractivity contribution in [2.45, 2.75) is 31.5 Å². The van der Waals surface area contributed by atoms with Gasteiger partial charge in [0.2, 0.25) is 5.91 Å². The zero-order valence-electron chi connectivity index (χ0n) is 16.6. The number of amides is 1. The first-order chi connectivity index (χ1) is 14.4. The third kappa shape index (κ3) is 6.77. The number of rotatable bonds is 8. The molecule has 0 saturated carbocycles. The number of carbonyl (C=O) groups excluding carboxylic acids is 1. The van der Waals surface area contributed by atoms with Crippen molar-refractivity contribution in [2.24, 2.45) is 0 Å². The molecular formula is C22H26Cl2N2O4. The number of aliphatic hydroxyl groups excluding tert-OH is 1. The quantitative estimate of drug-likeness (QED) is 0.572. The lowest BCUT2D eigenvalue weighted by Gasteiger charge is -2.33. The van der Waals surface area contributed by atoms with E-state index >= 15 is 0 Å². The molecule has 0 unspecified atom stereocenters. The molecule has 1 atom stereocenters. The summed E-state index contributed by atoms with van der Waals surface area (Å²) in [5.74, 6) is 0.568. The third-order valence-corrected chi connectivity index (χ3v) is 5.81. The Morgan fingerprint density at radius 1 is 1.17 bits per heavy atom. The summed E-state index contributed by atoms with van der Waals surface area (Å²) in [5, 5.41) is 23.7. The second-order valence-electron chi connectivity index (χ2n) is 7.46. The van der Waals surface area contributed by atoms with Gasteiger partial charge in [-0.25, -0.2) is 0 Å².